The molecule has 0 bridgehead atoms. The lowest BCUT2D eigenvalue weighted by Crippen LogP contribution is -2.29. The molecule has 1 aliphatic rings. The Hall–Kier alpha value is -2.09. The van der Waals surface area contributed by atoms with Crippen molar-refractivity contribution in [2.45, 2.75) is 50.2 Å². The Labute approximate surface area is 157 Å². The van der Waals surface area contributed by atoms with E-state index in [1.54, 1.807) is 0 Å². The minimum absolute atomic E-state index is 0.0407. The molecule has 8 heteroatoms. The summed E-state index contributed by atoms with van der Waals surface area (Å²) in [5, 5.41) is 15.6. The Kier molecular flexibility index (Phi) is 6.88. The first-order valence-electron chi connectivity index (χ1n) is 9.09. The molecular weight excluding hydrogens is 350 g/mol. The molecule has 0 unspecified atom stereocenters. The maximum Gasteiger partial charge on any atom is 0.230 e. The number of carbonyl (C=O) groups excluding carboxylic acids is 1. The van der Waals surface area contributed by atoms with Crippen molar-refractivity contribution in [2.75, 3.05) is 18.9 Å². The SMILES string of the molecule is Cc1cccc(OCCNC(=O)CSc2nnnn2C2CCCCC2)c1. The standard InChI is InChI=1S/C18H25N5O2S/c1-14-6-5-9-16(12-14)25-11-10-19-17(24)13-26-18-20-21-22-23(18)15-7-3-2-4-8-15/h5-6,9,12,15H,2-4,7-8,10-11,13H2,1H3,(H,19,24). The van der Waals surface area contributed by atoms with Crippen LogP contribution < -0.4 is 10.1 Å². The minimum atomic E-state index is -0.0407. The maximum absolute atomic E-state index is 12.0. The Bertz CT molecular complexity index is 715. The second kappa shape index (κ2) is 9.56. The van der Waals surface area contributed by atoms with E-state index in [1.165, 1.54) is 31.0 Å². The molecule has 1 aromatic carbocycles. The fourth-order valence-corrected chi connectivity index (χ4v) is 3.86. The van der Waals surface area contributed by atoms with Crippen LogP contribution >= 0.6 is 11.8 Å². The number of tetrazole rings is 1. The van der Waals surface area contributed by atoms with E-state index >= 15 is 0 Å². The number of aromatic nitrogens is 4. The smallest absolute Gasteiger partial charge is 0.230 e. The van der Waals surface area contributed by atoms with Gasteiger partial charge in [-0.3, -0.25) is 4.79 Å². The van der Waals surface area contributed by atoms with Crippen molar-refractivity contribution in [2.24, 2.45) is 0 Å². The molecule has 0 aliphatic heterocycles. The summed E-state index contributed by atoms with van der Waals surface area (Å²) in [5.74, 6) is 1.08. The highest BCUT2D eigenvalue weighted by Crippen LogP contribution is 2.30. The molecule has 2 aromatic rings. The highest BCUT2D eigenvalue weighted by molar-refractivity contribution is 7.99. The van der Waals surface area contributed by atoms with Gasteiger partial charge in [-0.05, 0) is 47.9 Å². The van der Waals surface area contributed by atoms with Crippen LogP contribution in [0.3, 0.4) is 0 Å². The Morgan fingerprint density at radius 2 is 2.19 bits per heavy atom. The third-order valence-corrected chi connectivity index (χ3v) is 5.33. The van der Waals surface area contributed by atoms with Crippen molar-refractivity contribution >= 4 is 17.7 Å². The lowest BCUT2D eigenvalue weighted by Gasteiger charge is -2.21. The van der Waals surface area contributed by atoms with Crippen LogP contribution in [0.15, 0.2) is 29.4 Å². The van der Waals surface area contributed by atoms with Crippen molar-refractivity contribution in [3.05, 3.63) is 29.8 Å². The van der Waals surface area contributed by atoms with Crippen molar-refractivity contribution in [3.63, 3.8) is 0 Å². The van der Waals surface area contributed by atoms with Gasteiger partial charge >= 0.3 is 0 Å². The summed E-state index contributed by atoms with van der Waals surface area (Å²) in [4.78, 5) is 12.0. The first-order chi connectivity index (χ1) is 12.7. The van der Waals surface area contributed by atoms with Gasteiger partial charge in [-0.2, -0.15) is 0 Å². The topological polar surface area (TPSA) is 81.9 Å². The number of carbonyl (C=O) groups is 1. The molecule has 1 heterocycles. The van der Waals surface area contributed by atoms with Gasteiger partial charge in [-0.15, -0.1) is 5.10 Å². The lowest BCUT2D eigenvalue weighted by atomic mass is 9.96. The number of amides is 1. The largest absolute Gasteiger partial charge is 0.492 e. The van der Waals surface area contributed by atoms with Crippen LogP contribution in [0.5, 0.6) is 5.75 Å². The van der Waals surface area contributed by atoms with E-state index < -0.39 is 0 Å². The molecule has 1 aliphatic carbocycles. The zero-order valence-corrected chi connectivity index (χ0v) is 15.9. The van der Waals surface area contributed by atoms with Crippen LogP contribution in [0, 0.1) is 6.92 Å². The van der Waals surface area contributed by atoms with Gasteiger partial charge in [0.1, 0.15) is 12.4 Å². The molecule has 7 nitrogen and oxygen atoms in total. The van der Waals surface area contributed by atoms with Gasteiger partial charge < -0.3 is 10.1 Å². The van der Waals surface area contributed by atoms with E-state index in [0.717, 1.165) is 29.3 Å². The average molecular weight is 375 g/mol. The van der Waals surface area contributed by atoms with E-state index in [9.17, 15) is 4.79 Å². The third-order valence-electron chi connectivity index (χ3n) is 4.40. The predicted octanol–water partition coefficient (Wildman–Crippen LogP) is 2.77. The number of hydrogen-bond acceptors (Lipinski definition) is 6. The molecule has 1 aromatic heterocycles. The van der Waals surface area contributed by atoms with Crippen LogP contribution in [0.4, 0.5) is 0 Å². The summed E-state index contributed by atoms with van der Waals surface area (Å²) in [6.07, 6.45) is 5.95. The van der Waals surface area contributed by atoms with Crippen LogP contribution in [-0.2, 0) is 4.79 Å². The van der Waals surface area contributed by atoms with Gasteiger partial charge in [0.05, 0.1) is 18.3 Å². The molecular formula is C18H25N5O2S. The zero-order valence-electron chi connectivity index (χ0n) is 15.1. The Morgan fingerprint density at radius 1 is 1.35 bits per heavy atom. The number of thioether (sulfide) groups is 1. The normalized spacial score (nSPS) is 15.0. The van der Waals surface area contributed by atoms with Crippen LogP contribution in [0.2, 0.25) is 0 Å². The van der Waals surface area contributed by atoms with Gasteiger partial charge in [-0.25, -0.2) is 4.68 Å². The van der Waals surface area contributed by atoms with Crippen LogP contribution in [0.1, 0.15) is 43.7 Å². The first-order valence-corrected chi connectivity index (χ1v) is 10.1. The van der Waals surface area contributed by atoms with Crippen molar-refractivity contribution in [3.8, 4) is 5.75 Å². The molecule has 0 atom stereocenters. The Balaban J connectivity index is 1.37. The predicted molar refractivity (Wildman–Crippen MR) is 100 cm³/mol. The van der Waals surface area contributed by atoms with E-state index in [1.807, 2.05) is 35.9 Å². The van der Waals surface area contributed by atoms with Crippen LogP contribution in [-0.4, -0.2) is 45.0 Å². The summed E-state index contributed by atoms with van der Waals surface area (Å²) >= 11 is 1.39. The summed E-state index contributed by atoms with van der Waals surface area (Å²) in [6, 6.07) is 8.23. The summed E-state index contributed by atoms with van der Waals surface area (Å²) < 4.78 is 7.51. The van der Waals surface area contributed by atoms with Crippen LogP contribution in [0.25, 0.3) is 0 Å². The molecule has 0 radical (unpaired) electrons. The number of aryl methyl sites for hydroxylation is 1. The fourth-order valence-electron chi connectivity index (χ4n) is 3.08. The number of ether oxygens (including phenoxy) is 1. The van der Waals surface area contributed by atoms with Gasteiger partial charge in [0.15, 0.2) is 0 Å². The van der Waals surface area contributed by atoms with Gasteiger partial charge in [-0.1, -0.05) is 43.2 Å². The first kappa shape index (κ1) is 18.7. The summed E-state index contributed by atoms with van der Waals surface area (Å²) in [6.45, 7) is 2.94. The molecule has 140 valence electrons. The monoisotopic (exact) mass is 375 g/mol. The van der Waals surface area contributed by atoms with Gasteiger partial charge in [0, 0.05) is 0 Å². The molecule has 0 saturated heterocycles. The maximum atomic E-state index is 12.0. The van der Waals surface area contributed by atoms with E-state index in [4.69, 9.17) is 4.74 Å². The summed E-state index contributed by atoms with van der Waals surface area (Å²) in [5.41, 5.74) is 1.15. The number of rotatable bonds is 8. The average Bonchev–Trinajstić information content (AvgIpc) is 3.13. The highest BCUT2D eigenvalue weighted by atomic mass is 32.2. The van der Waals surface area contributed by atoms with E-state index in [-0.39, 0.29) is 5.91 Å². The number of benzene rings is 1. The van der Waals surface area contributed by atoms with E-state index in [0.29, 0.717) is 24.9 Å². The quantitative estimate of drug-likeness (QED) is 0.564. The fraction of sp³-hybridized carbons (Fsp3) is 0.556. The number of nitrogens with zero attached hydrogens (tertiary/aromatic N) is 4. The minimum Gasteiger partial charge on any atom is -0.492 e. The number of hydrogen-bond donors (Lipinski definition) is 1. The molecule has 1 amide bonds. The van der Waals surface area contributed by atoms with Crippen molar-refractivity contribution in [1.29, 1.82) is 0 Å². The van der Waals surface area contributed by atoms with Crippen molar-refractivity contribution in [1.82, 2.24) is 25.5 Å². The molecule has 26 heavy (non-hydrogen) atoms. The number of nitrogens with one attached hydrogen (secondary N) is 1. The molecule has 1 fully saturated rings. The molecule has 1 N–H and O–H groups in total. The van der Waals surface area contributed by atoms with Gasteiger partial charge in [0.25, 0.3) is 0 Å². The molecule has 3 rings (SSSR count). The summed E-state index contributed by atoms with van der Waals surface area (Å²) in [7, 11) is 0. The highest BCUT2D eigenvalue weighted by Gasteiger charge is 2.20. The second-order valence-corrected chi connectivity index (χ2v) is 7.44. The second-order valence-electron chi connectivity index (χ2n) is 6.50. The third kappa shape index (κ3) is 5.45. The Morgan fingerprint density at radius 3 is 3.00 bits per heavy atom. The van der Waals surface area contributed by atoms with Crippen molar-refractivity contribution < 1.29 is 9.53 Å². The van der Waals surface area contributed by atoms with E-state index in [2.05, 4.69) is 20.8 Å². The zero-order chi connectivity index (χ0) is 18.2. The lowest BCUT2D eigenvalue weighted by molar-refractivity contribution is -0.118. The van der Waals surface area contributed by atoms with Gasteiger partial charge in [0.2, 0.25) is 11.1 Å². The molecule has 1 saturated carbocycles. The molecule has 0 spiro atoms.